The van der Waals surface area contributed by atoms with Gasteiger partial charge in [0, 0.05) is 5.54 Å². The van der Waals surface area contributed by atoms with E-state index in [2.05, 4.69) is 10.6 Å². The highest BCUT2D eigenvalue weighted by Gasteiger charge is 2.32. The van der Waals surface area contributed by atoms with Gasteiger partial charge in [0.25, 0.3) is 0 Å². The van der Waals surface area contributed by atoms with Crippen molar-refractivity contribution in [2.24, 2.45) is 5.41 Å². The fourth-order valence-electron chi connectivity index (χ4n) is 1.21. The lowest BCUT2D eigenvalue weighted by atomic mass is 9.87. The molecule has 17 heavy (non-hydrogen) atoms. The molecule has 0 saturated carbocycles. The average Bonchev–Trinajstić information content (AvgIpc) is 2.07. The predicted octanol–water partition coefficient (Wildman–Crippen LogP) is 0.990. The van der Waals surface area contributed by atoms with Crippen molar-refractivity contribution < 1.29 is 14.7 Å². The van der Waals surface area contributed by atoms with Crippen LogP contribution in [0.1, 0.15) is 41.5 Å². The normalized spacial score (nSPS) is 14.2. The van der Waals surface area contributed by atoms with E-state index < -0.39 is 17.4 Å². The molecule has 0 aliphatic heterocycles. The largest absolute Gasteiger partial charge is 0.480 e. The number of carbonyl (C=O) groups excluding carboxylic acids is 1. The summed E-state index contributed by atoms with van der Waals surface area (Å²) in [6.45, 7) is 11.3. The number of carbonyl (C=O) groups is 2. The van der Waals surface area contributed by atoms with Crippen LogP contribution < -0.4 is 10.6 Å². The van der Waals surface area contributed by atoms with Gasteiger partial charge in [0.2, 0.25) is 5.91 Å². The molecule has 0 aliphatic rings. The first kappa shape index (κ1) is 15.9. The Kier molecular flexibility index (Phi) is 5.13. The summed E-state index contributed by atoms with van der Waals surface area (Å²) in [4.78, 5) is 22.7. The van der Waals surface area contributed by atoms with Crippen molar-refractivity contribution >= 4 is 11.9 Å². The number of carboxylic acids is 1. The predicted molar refractivity (Wildman–Crippen MR) is 66.8 cm³/mol. The van der Waals surface area contributed by atoms with Gasteiger partial charge in [0.1, 0.15) is 6.04 Å². The minimum Gasteiger partial charge on any atom is -0.480 e. The van der Waals surface area contributed by atoms with Crippen LogP contribution in [0, 0.1) is 5.41 Å². The number of hydrogen-bond acceptors (Lipinski definition) is 3. The van der Waals surface area contributed by atoms with Crippen LogP contribution in [0.3, 0.4) is 0 Å². The zero-order valence-corrected chi connectivity index (χ0v) is 11.5. The topological polar surface area (TPSA) is 78.4 Å². The first-order valence-electron chi connectivity index (χ1n) is 5.70. The van der Waals surface area contributed by atoms with Crippen molar-refractivity contribution in [3.05, 3.63) is 0 Å². The Morgan fingerprint density at radius 2 is 1.59 bits per heavy atom. The molecule has 0 spiro atoms. The molecule has 5 heteroatoms. The summed E-state index contributed by atoms with van der Waals surface area (Å²) in [6.07, 6.45) is 0. The molecule has 1 amide bonds. The molecule has 0 aromatic heterocycles. The van der Waals surface area contributed by atoms with Gasteiger partial charge in [-0.3, -0.25) is 4.79 Å². The van der Waals surface area contributed by atoms with Crippen LogP contribution in [0.5, 0.6) is 0 Å². The summed E-state index contributed by atoms with van der Waals surface area (Å²) >= 11 is 0. The van der Waals surface area contributed by atoms with Gasteiger partial charge in [-0.05, 0) is 26.2 Å². The van der Waals surface area contributed by atoms with Gasteiger partial charge in [-0.25, -0.2) is 4.79 Å². The van der Waals surface area contributed by atoms with E-state index in [1.165, 1.54) is 0 Å². The van der Waals surface area contributed by atoms with Crippen molar-refractivity contribution in [3.63, 3.8) is 0 Å². The SMILES string of the molecule is CC(C)(C)NCC(=O)N[C@@H](C(=O)O)C(C)(C)C. The maximum atomic E-state index is 11.6. The van der Waals surface area contributed by atoms with Crippen molar-refractivity contribution in [1.82, 2.24) is 10.6 Å². The standard InChI is InChI=1S/C12H24N2O3/c1-11(2,3)9(10(16)17)14-8(15)7-13-12(4,5)6/h9,13H,7H2,1-6H3,(H,14,15)(H,16,17)/t9-/m0/s1. The van der Waals surface area contributed by atoms with Crippen LogP contribution >= 0.6 is 0 Å². The zero-order valence-electron chi connectivity index (χ0n) is 11.5. The fraction of sp³-hybridized carbons (Fsp3) is 0.833. The smallest absolute Gasteiger partial charge is 0.326 e. The van der Waals surface area contributed by atoms with E-state index in [0.29, 0.717) is 0 Å². The van der Waals surface area contributed by atoms with E-state index >= 15 is 0 Å². The summed E-state index contributed by atoms with van der Waals surface area (Å²) < 4.78 is 0. The summed E-state index contributed by atoms with van der Waals surface area (Å²) in [7, 11) is 0. The zero-order chi connectivity index (χ0) is 13.9. The molecule has 0 aromatic carbocycles. The monoisotopic (exact) mass is 244 g/mol. The highest BCUT2D eigenvalue weighted by Crippen LogP contribution is 2.19. The lowest BCUT2D eigenvalue weighted by Gasteiger charge is -2.28. The van der Waals surface area contributed by atoms with Gasteiger partial charge in [-0.2, -0.15) is 0 Å². The first-order valence-corrected chi connectivity index (χ1v) is 5.70. The number of rotatable bonds is 4. The van der Waals surface area contributed by atoms with Gasteiger partial charge >= 0.3 is 5.97 Å². The molecule has 1 atom stereocenters. The summed E-state index contributed by atoms with van der Waals surface area (Å²) in [5, 5.41) is 14.6. The first-order chi connectivity index (χ1) is 7.43. The molecule has 0 heterocycles. The number of nitrogens with one attached hydrogen (secondary N) is 2. The van der Waals surface area contributed by atoms with Crippen LogP contribution in [0.25, 0.3) is 0 Å². The van der Waals surface area contributed by atoms with Gasteiger partial charge in [-0.1, -0.05) is 20.8 Å². The van der Waals surface area contributed by atoms with Crippen LogP contribution in [0.2, 0.25) is 0 Å². The Bertz CT molecular complexity index is 287. The van der Waals surface area contributed by atoms with Crippen LogP contribution in [-0.4, -0.2) is 35.1 Å². The van der Waals surface area contributed by atoms with Crippen LogP contribution in [-0.2, 0) is 9.59 Å². The minimum atomic E-state index is -1.01. The number of carboxylic acid groups (broad SMARTS) is 1. The number of hydrogen-bond donors (Lipinski definition) is 3. The third kappa shape index (κ3) is 6.94. The number of aliphatic carboxylic acids is 1. The second-order valence-electron chi connectivity index (χ2n) is 6.31. The van der Waals surface area contributed by atoms with Gasteiger partial charge in [-0.15, -0.1) is 0 Å². The second-order valence-corrected chi connectivity index (χ2v) is 6.31. The molecule has 0 aromatic rings. The summed E-state index contributed by atoms with van der Waals surface area (Å²) in [5.41, 5.74) is -0.680. The maximum Gasteiger partial charge on any atom is 0.326 e. The lowest BCUT2D eigenvalue weighted by Crippen LogP contribution is -2.52. The molecule has 0 rings (SSSR count). The Morgan fingerprint density at radius 3 is 1.88 bits per heavy atom. The minimum absolute atomic E-state index is 0.114. The molecular formula is C12H24N2O3. The molecule has 0 saturated heterocycles. The highest BCUT2D eigenvalue weighted by molar-refractivity contribution is 5.85. The molecule has 0 fully saturated rings. The van der Waals surface area contributed by atoms with Gasteiger partial charge in [0.05, 0.1) is 6.54 Å². The highest BCUT2D eigenvalue weighted by atomic mass is 16.4. The molecule has 100 valence electrons. The van der Waals surface area contributed by atoms with Crippen molar-refractivity contribution in [2.45, 2.75) is 53.1 Å². The van der Waals surface area contributed by atoms with Crippen LogP contribution in [0.4, 0.5) is 0 Å². The molecule has 3 N–H and O–H groups in total. The van der Waals surface area contributed by atoms with Crippen LogP contribution in [0.15, 0.2) is 0 Å². The van der Waals surface area contributed by atoms with E-state index in [1.807, 2.05) is 20.8 Å². The molecule has 0 radical (unpaired) electrons. The van der Waals surface area contributed by atoms with Gasteiger partial charge in [0.15, 0.2) is 0 Å². The lowest BCUT2D eigenvalue weighted by molar-refractivity contribution is -0.144. The molecule has 0 aliphatic carbocycles. The Labute approximate surface area is 103 Å². The van der Waals surface area contributed by atoms with E-state index in [1.54, 1.807) is 20.8 Å². The molecular weight excluding hydrogens is 220 g/mol. The van der Waals surface area contributed by atoms with E-state index in [4.69, 9.17) is 5.11 Å². The second kappa shape index (κ2) is 5.49. The number of amides is 1. The third-order valence-electron chi connectivity index (χ3n) is 2.20. The van der Waals surface area contributed by atoms with Crippen molar-refractivity contribution in [2.75, 3.05) is 6.54 Å². The Morgan fingerprint density at radius 1 is 1.12 bits per heavy atom. The molecule has 0 unspecified atom stereocenters. The average molecular weight is 244 g/mol. The fourth-order valence-corrected chi connectivity index (χ4v) is 1.21. The van der Waals surface area contributed by atoms with Crippen molar-refractivity contribution in [1.29, 1.82) is 0 Å². The van der Waals surface area contributed by atoms with Crippen molar-refractivity contribution in [3.8, 4) is 0 Å². The quantitative estimate of drug-likeness (QED) is 0.689. The van der Waals surface area contributed by atoms with E-state index in [0.717, 1.165) is 0 Å². The summed E-state index contributed by atoms with van der Waals surface area (Å²) in [6, 6.07) is -0.878. The molecule has 5 nitrogen and oxygen atoms in total. The van der Waals surface area contributed by atoms with E-state index in [-0.39, 0.29) is 18.0 Å². The summed E-state index contributed by atoms with van der Waals surface area (Å²) in [5.74, 6) is -1.32. The molecule has 0 bridgehead atoms. The third-order valence-corrected chi connectivity index (χ3v) is 2.20. The van der Waals surface area contributed by atoms with E-state index in [9.17, 15) is 9.59 Å². The Balaban J connectivity index is 4.39. The maximum absolute atomic E-state index is 11.6. The van der Waals surface area contributed by atoms with Gasteiger partial charge < -0.3 is 15.7 Å². The Hall–Kier alpha value is -1.10.